The molecule has 3 aliphatic rings. The first-order valence-corrected chi connectivity index (χ1v) is 20.2. The van der Waals surface area contributed by atoms with E-state index in [4.69, 9.17) is 16.3 Å². The number of sulfonamides is 1. The number of rotatable bonds is 13. The fourth-order valence-corrected chi connectivity index (χ4v) is 8.47. The highest BCUT2D eigenvalue weighted by Crippen LogP contribution is 2.42. The summed E-state index contributed by atoms with van der Waals surface area (Å²) in [5.74, 6) is 1.82. The molecule has 5 N–H and O–H groups in total. The van der Waals surface area contributed by atoms with Crippen LogP contribution in [0.15, 0.2) is 59.6 Å². The molecule has 3 atom stereocenters. The number of allylic oxidation sites excluding steroid dienone is 2. The highest BCUT2D eigenvalue weighted by atomic mass is 35.5. The van der Waals surface area contributed by atoms with Crippen LogP contribution in [0.4, 0.5) is 9.59 Å². The van der Waals surface area contributed by atoms with Crippen LogP contribution in [-0.4, -0.2) is 83.9 Å². The van der Waals surface area contributed by atoms with Gasteiger partial charge in [0.1, 0.15) is 5.56 Å². The lowest BCUT2D eigenvalue weighted by atomic mass is 9.94. The molecular weight excluding hydrogens is 722 g/mol. The summed E-state index contributed by atoms with van der Waals surface area (Å²) < 4.78 is 59.1. The lowest BCUT2D eigenvalue weighted by Crippen LogP contribution is -2.50. The highest BCUT2D eigenvalue weighted by molar-refractivity contribution is 7.90. The standard InChI is InChI=1S/C23H33N5O5S.C10H13ClN2O3S/c1-33-22-20(3-2-9-25-22)21(29)24-10-6-16-7-11-28(12-8-16)34(31,32)27-23(30)26-15-19-14-17-4-5-18(19)13-17;1-2-7-12-10(14)13-17(15,16)9-5-3-8(11)4-6-9/h2-5,9,16-19H,6-8,10-15H2,1H3,(H,24,29)(H2,26,27,30);3-6H,2,7H2,1H3,(H2,12,13,14)/t17-,18+,19+;/m1./s1. The third kappa shape index (κ3) is 11.8. The Bertz CT molecular complexity index is 1750. The van der Waals surface area contributed by atoms with E-state index in [9.17, 15) is 31.2 Å². The Hall–Kier alpha value is -3.93. The number of benzene rings is 1. The first-order chi connectivity index (χ1) is 24.3. The Morgan fingerprint density at radius 1 is 0.922 bits per heavy atom. The number of methoxy groups -OCH3 is 1. The third-order valence-corrected chi connectivity index (χ3v) is 12.1. The van der Waals surface area contributed by atoms with E-state index >= 15 is 0 Å². The van der Waals surface area contributed by atoms with E-state index in [1.165, 1.54) is 35.7 Å². The molecule has 2 fully saturated rings. The Balaban J connectivity index is 0.000000289. The van der Waals surface area contributed by atoms with Gasteiger partial charge in [-0.3, -0.25) is 4.79 Å². The second-order valence-electron chi connectivity index (χ2n) is 12.6. The molecule has 51 heavy (non-hydrogen) atoms. The van der Waals surface area contributed by atoms with Gasteiger partial charge in [0.05, 0.1) is 12.0 Å². The Kier molecular flexibility index (Phi) is 14.5. The molecule has 0 unspecified atom stereocenters. The average molecular weight is 768 g/mol. The number of urea groups is 2. The molecule has 5 rings (SSSR count). The number of halogens is 1. The van der Waals surface area contributed by atoms with Crippen LogP contribution in [0, 0.1) is 23.7 Å². The molecule has 0 radical (unpaired) electrons. The number of pyridine rings is 1. The number of fused-ring (bicyclic) bond motifs is 2. The maximum Gasteiger partial charge on any atom is 0.329 e. The number of hydrogen-bond acceptors (Lipinski definition) is 9. The van der Waals surface area contributed by atoms with Gasteiger partial charge in [0.25, 0.3) is 15.9 Å². The van der Waals surface area contributed by atoms with Gasteiger partial charge in [0.15, 0.2) is 0 Å². The lowest BCUT2D eigenvalue weighted by Gasteiger charge is -2.31. The average Bonchev–Trinajstić information content (AvgIpc) is 3.74. The predicted octanol–water partition coefficient (Wildman–Crippen LogP) is 3.42. The lowest BCUT2D eigenvalue weighted by molar-refractivity contribution is 0.0946. The van der Waals surface area contributed by atoms with Crippen LogP contribution in [0.5, 0.6) is 5.88 Å². The Morgan fingerprint density at radius 3 is 2.25 bits per heavy atom. The summed E-state index contributed by atoms with van der Waals surface area (Å²) in [6.45, 7) is 3.94. The third-order valence-electron chi connectivity index (χ3n) is 9.01. The van der Waals surface area contributed by atoms with Crippen molar-refractivity contribution in [2.45, 2.75) is 50.3 Å². The number of aromatic nitrogens is 1. The second kappa shape index (κ2) is 18.5. The summed E-state index contributed by atoms with van der Waals surface area (Å²) in [4.78, 5) is 39.8. The van der Waals surface area contributed by atoms with Crippen molar-refractivity contribution in [3.8, 4) is 5.88 Å². The molecule has 18 heteroatoms. The number of carbonyl (C=O) groups excluding carboxylic acids is 3. The van der Waals surface area contributed by atoms with Crippen LogP contribution in [0.3, 0.4) is 0 Å². The predicted molar refractivity (Wildman–Crippen MR) is 192 cm³/mol. The minimum atomic E-state index is -3.87. The zero-order valence-corrected chi connectivity index (χ0v) is 31.0. The number of carbonyl (C=O) groups is 3. The van der Waals surface area contributed by atoms with E-state index in [-0.39, 0.29) is 16.7 Å². The van der Waals surface area contributed by atoms with Crippen LogP contribution >= 0.6 is 11.6 Å². The molecule has 0 spiro atoms. The van der Waals surface area contributed by atoms with Gasteiger partial charge < -0.3 is 20.7 Å². The molecule has 1 aromatic carbocycles. The minimum absolute atomic E-state index is 0.00597. The van der Waals surface area contributed by atoms with E-state index < -0.39 is 32.3 Å². The molecule has 15 nitrogen and oxygen atoms in total. The van der Waals surface area contributed by atoms with Crippen molar-refractivity contribution in [2.24, 2.45) is 23.7 Å². The van der Waals surface area contributed by atoms with E-state index in [2.05, 4.69) is 37.8 Å². The second-order valence-corrected chi connectivity index (χ2v) is 16.4. The monoisotopic (exact) mass is 767 g/mol. The Morgan fingerprint density at radius 2 is 1.63 bits per heavy atom. The van der Waals surface area contributed by atoms with Gasteiger partial charge in [-0.05, 0) is 98.6 Å². The molecule has 2 aliphatic carbocycles. The fraction of sp³-hybridized carbons (Fsp3) is 0.515. The topological polar surface area (TPSA) is 205 Å². The van der Waals surface area contributed by atoms with E-state index in [1.54, 1.807) is 18.3 Å². The van der Waals surface area contributed by atoms with Crippen LogP contribution < -0.4 is 30.1 Å². The maximum atomic E-state index is 12.6. The molecular formula is C33H46ClN7O8S2. The number of nitrogens with zero attached hydrogens (tertiary/aromatic N) is 2. The van der Waals surface area contributed by atoms with Gasteiger partial charge in [0.2, 0.25) is 5.88 Å². The molecule has 1 aromatic heterocycles. The molecule has 2 bridgehead atoms. The molecule has 1 aliphatic heterocycles. The van der Waals surface area contributed by atoms with Crippen molar-refractivity contribution in [1.82, 2.24) is 34.7 Å². The number of nitrogens with one attached hydrogen (secondary N) is 5. The zero-order chi connectivity index (χ0) is 37.0. The maximum absolute atomic E-state index is 12.6. The van der Waals surface area contributed by atoms with Crippen molar-refractivity contribution in [3.05, 3.63) is 65.3 Å². The molecule has 2 heterocycles. The Labute approximate surface area is 304 Å². The molecule has 1 saturated carbocycles. The van der Waals surface area contributed by atoms with Crippen LogP contribution in [-0.2, 0) is 20.2 Å². The van der Waals surface area contributed by atoms with Crippen molar-refractivity contribution in [2.75, 3.05) is 39.8 Å². The van der Waals surface area contributed by atoms with Gasteiger partial charge in [-0.1, -0.05) is 30.7 Å². The van der Waals surface area contributed by atoms with Gasteiger partial charge >= 0.3 is 22.3 Å². The van der Waals surface area contributed by atoms with Crippen molar-refractivity contribution in [1.29, 1.82) is 0 Å². The molecule has 2 aromatic rings. The summed E-state index contributed by atoms with van der Waals surface area (Å²) in [6, 6.07) is 7.49. The van der Waals surface area contributed by atoms with Crippen molar-refractivity contribution >= 4 is 49.8 Å². The molecule has 1 saturated heterocycles. The first-order valence-electron chi connectivity index (χ1n) is 16.9. The number of ether oxygens (including phenoxy) is 1. The normalized spacial score (nSPS) is 20.1. The minimum Gasteiger partial charge on any atom is -0.480 e. The summed E-state index contributed by atoms with van der Waals surface area (Å²) in [5.41, 5.74) is 0.382. The zero-order valence-electron chi connectivity index (χ0n) is 28.6. The number of amides is 5. The highest BCUT2D eigenvalue weighted by Gasteiger charge is 2.36. The smallest absolute Gasteiger partial charge is 0.329 e. The van der Waals surface area contributed by atoms with E-state index in [0.717, 1.165) is 25.7 Å². The number of hydrogen-bond donors (Lipinski definition) is 5. The number of piperidine rings is 1. The summed E-state index contributed by atoms with van der Waals surface area (Å²) in [7, 11) is -6.23. The van der Waals surface area contributed by atoms with Crippen LogP contribution in [0.2, 0.25) is 5.02 Å². The largest absolute Gasteiger partial charge is 0.480 e. The van der Waals surface area contributed by atoms with Crippen LogP contribution in [0.1, 0.15) is 55.8 Å². The molecule has 5 amide bonds. The van der Waals surface area contributed by atoms with Crippen molar-refractivity contribution < 1.29 is 36.0 Å². The summed E-state index contributed by atoms with van der Waals surface area (Å²) >= 11 is 5.64. The first kappa shape index (κ1) is 39.8. The van der Waals surface area contributed by atoms with Gasteiger partial charge in [0, 0.05) is 43.9 Å². The van der Waals surface area contributed by atoms with Crippen molar-refractivity contribution in [3.63, 3.8) is 0 Å². The van der Waals surface area contributed by atoms with Gasteiger partial charge in [-0.2, -0.15) is 12.7 Å². The van der Waals surface area contributed by atoms with Gasteiger partial charge in [-0.25, -0.2) is 32.4 Å². The fourth-order valence-electron chi connectivity index (χ4n) is 6.29. The van der Waals surface area contributed by atoms with E-state index in [1.807, 2.05) is 11.6 Å². The van der Waals surface area contributed by atoms with E-state index in [0.29, 0.717) is 79.8 Å². The van der Waals surface area contributed by atoms with Gasteiger partial charge in [-0.15, -0.1) is 0 Å². The molecule has 280 valence electrons. The quantitative estimate of drug-likeness (QED) is 0.189. The summed E-state index contributed by atoms with van der Waals surface area (Å²) in [6.07, 6.45) is 11.0. The SMILES string of the molecule is CCCNC(=O)NS(=O)(=O)c1ccc(Cl)cc1.COc1ncccc1C(=O)NCCC1CCN(S(=O)(=O)NC(=O)NC[C@@H]2C[C@@H]3C=C[C@H]2C3)CC1. The van der Waals surface area contributed by atoms with Crippen LogP contribution in [0.25, 0.3) is 0 Å². The summed E-state index contributed by atoms with van der Waals surface area (Å²) in [5, 5.41) is 8.45.